The topological polar surface area (TPSA) is 63.6 Å². The molecule has 0 aliphatic carbocycles. The first-order valence-corrected chi connectivity index (χ1v) is 6.26. The van der Waals surface area contributed by atoms with Crippen LogP contribution in [-0.2, 0) is 4.74 Å². The van der Waals surface area contributed by atoms with E-state index in [0.29, 0.717) is 0 Å². The van der Waals surface area contributed by atoms with Crippen LogP contribution in [0.5, 0.6) is 0 Å². The van der Waals surface area contributed by atoms with Crippen LogP contribution in [0.2, 0.25) is 0 Å². The molecule has 0 aliphatic heterocycles. The third kappa shape index (κ3) is 8.83. The van der Waals surface area contributed by atoms with Crippen molar-refractivity contribution in [2.75, 3.05) is 0 Å². The number of rotatable bonds is 4. The van der Waals surface area contributed by atoms with Crippen molar-refractivity contribution in [1.82, 2.24) is 0 Å². The van der Waals surface area contributed by atoms with Crippen molar-refractivity contribution in [2.24, 2.45) is 0 Å². The fourth-order valence-corrected chi connectivity index (χ4v) is 1.56. The molecule has 0 spiro atoms. The summed E-state index contributed by atoms with van der Waals surface area (Å²) < 4.78 is 4.59. The van der Waals surface area contributed by atoms with Crippen LogP contribution in [0.15, 0.2) is 30.3 Å². The highest BCUT2D eigenvalue weighted by atomic mass is 16.7. The maximum absolute atomic E-state index is 10.6. The Balaban J connectivity index is 0.000000342. The summed E-state index contributed by atoms with van der Waals surface area (Å²) in [5.74, 6) is 0.121. The Labute approximate surface area is 114 Å². The Morgan fingerprint density at radius 1 is 1.21 bits per heavy atom. The van der Waals surface area contributed by atoms with Crippen LogP contribution in [0, 0.1) is 0 Å². The van der Waals surface area contributed by atoms with E-state index in [9.17, 15) is 9.59 Å². The Hall–Kier alpha value is -1.84. The monoisotopic (exact) mass is 266 g/mol. The predicted octanol–water partition coefficient (Wildman–Crippen LogP) is 4.15. The third-order valence-electron chi connectivity index (χ3n) is 2.40. The van der Waals surface area contributed by atoms with Crippen LogP contribution in [0.4, 0.5) is 4.79 Å². The number of ketones is 1. The van der Waals surface area contributed by atoms with Gasteiger partial charge in [0.15, 0.2) is 5.78 Å². The van der Waals surface area contributed by atoms with Gasteiger partial charge in [-0.2, -0.15) is 0 Å². The van der Waals surface area contributed by atoms with E-state index in [1.54, 1.807) is 20.8 Å². The number of benzene rings is 1. The Morgan fingerprint density at radius 3 is 2.05 bits per heavy atom. The second kappa shape index (κ2) is 8.29. The molecule has 0 saturated heterocycles. The molecule has 0 saturated carbocycles. The lowest BCUT2D eigenvalue weighted by molar-refractivity contribution is -0.00126. The largest absolute Gasteiger partial charge is 0.506 e. The summed E-state index contributed by atoms with van der Waals surface area (Å²) in [6.07, 6.45) is 0.498. The Bertz CT molecular complexity index is 396. The molecule has 106 valence electrons. The normalized spacial score (nSPS) is 10.1. The van der Waals surface area contributed by atoms with E-state index in [0.717, 1.165) is 18.4 Å². The van der Waals surface area contributed by atoms with E-state index in [4.69, 9.17) is 5.11 Å². The number of carbonyl (C=O) groups excluding carboxylic acids is 1. The molecule has 0 aliphatic rings. The molecule has 1 aromatic carbocycles. The van der Waals surface area contributed by atoms with Gasteiger partial charge in [-0.25, -0.2) is 4.79 Å². The molecule has 0 unspecified atom stereocenters. The second-order valence-corrected chi connectivity index (χ2v) is 4.80. The van der Waals surface area contributed by atoms with Crippen LogP contribution < -0.4 is 0 Å². The van der Waals surface area contributed by atoms with Crippen molar-refractivity contribution in [3.63, 3.8) is 0 Å². The van der Waals surface area contributed by atoms with Gasteiger partial charge < -0.3 is 9.84 Å². The number of ether oxygens (including phenoxy) is 1. The summed E-state index contributed by atoms with van der Waals surface area (Å²) in [5.41, 5.74) is 0.248. The standard InChI is InChI=1S/C8H8O.C7H14O3/c1-7(9)8-5-3-2-4-6-8;1-4-5-7(2,3)10-6(8)9/h2-6H,1H3;4-5H2,1-3H3,(H,8,9). The van der Waals surface area contributed by atoms with Gasteiger partial charge in [0, 0.05) is 5.56 Å². The second-order valence-electron chi connectivity index (χ2n) is 4.80. The minimum atomic E-state index is -1.20. The molecule has 4 heteroatoms. The quantitative estimate of drug-likeness (QED) is 0.656. The fraction of sp³-hybridized carbons (Fsp3) is 0.467. The van der Waals surface area contributed by atoms with E-state index in [2.05, 4.69) is 4.74 Å². The highest BCUT2D eigenvalue weighted by Crippen LogP contribution is 2.15. The molecule has 1 N–H and O–H groups in total. The number of carboxylic acid groups (broad SMARTS) is 1. The Kier molecular flexibility index (Phi) is 7.49. The van der Waals surface area contributed by atoms with Crippen LogP contribution in [0.1, 0.15) is 50.9 Å². The average Bonchev–Trinajstić information content (AvgIpc) is 2.29. The number of Topliss-reactive ketones (excluding diaryl/α,β-unsaturated/α-hetero) is 1. The van der Waals surface area contributed by atoms with Gasteiger partial charge in [-0.3, -0.25) is 4.79 Å². The van der Waals surface area contributed by atoms with Gasteiger partial charge in [0.05, 0.1) is 0 Å². The summed E-state index contributed by atoms with van der Waals surface area (Å²) in [6.45, 7) is 7.09. The summed E-state index contributed by atoms with van der Waals surface area (Å²) in [6, 6.07) is 9.23. The summed E-state index contributed by atoms with van der Waals surface area (Å²) in [5, 5.41) is 8.25. The zero-order valence-electron chi connectivity index (χ0n) is 12.0. The first-order valence-electron chi connectivity index (χ1n) is 6.26. The molecular weight excluding hydrogens is 244 g/mol. The lowest BCUT2D eigenvalue weighted by atomic mass is 10.0. The molecular formula is C15H22O4. The zero-order chi connectivity index (χ0) is 14.9. The molecule has 0 bridgehead atoms. The van der Waals surface area contributed by atoms with Crippen LogP contribution >= 0.6 is 0 Å². The Morgan fingerprint density at radius 2 is 1.74 bits per heavy atom. The van der Waals surface area contributed by atoms with E-state index in [1.807, 2.05) is 37.3 Å². The lowest BCUT2D eigenvalue weighted by Crippen LogP contribution is -2.26. The number of hydrogen-bond acceptors (Lipinski definition) is 3. The van der Waals surface area contributed by atoms with Gasteiger partial charge in [-0.05, 0) is 27.2 Å². The number of hydrogen-bond donors (Lipinski definition) is 1. The fourth-order valence-electron chi connectivity index (χ4n) is 1.56. The zero-order valence-corrected chi connectivity index (χ0v) is 12.0. The minimum absolute atomic E-state index is 0.121. The predicted molar refractivity (Wildman–Crippen MR) is 74.5 cm³/mol. The summed E-state index contributed by atoms with van der Waals surface area (Å²) >= 11 is 0. The van der Waals surface area contributed by atoms with Crippen LogP contribution in [-0.4, -0.2) is 22.6 Å². The van der Waals surface area contributed by atoms with Crippen molar-refractivity contribution in [3.05, 3.63) is 35.9 Å². The molecule has 1 rings (SSSR count). The van der Waals surface area contributed by atoms with Crippen molar-refractivity contribution in [2.45, 2.75) is 46.1 Å². The van der Waals surface area contributed by atoms with E-state index >= 15 is 0 Å². The highest BCUT2D eigenvalue weighted by Gasteiger charge is 2.20. The lowest BCUT2D eigenvalue weighted by Gasteiger charge is -2.21. The van der Waals surface area contributed by atoms with Crippen LogP contribution in [0.25, 0.3) is 0 Å². The highest BCUT2D eigenvalue weighted by molar-refractivity contribution is 5.93. The summed E-state index contributed by atoms with van der Waals surface area (Å²) in [7, 11) is 0. The minimum Gasteiger partial charge on any atom is -0.450 e. The molecule has 0 heterocycles. The maximum Gasteiger partial charge on any atom is 0.506 e. The third-order valence-corrected chi connectivity index (χ3v) is 2.40. The first-order chi connectivity index (χ1) is 8.78. The van der Waals surface area contributed by atoms with Crippen molar-refractivity contribution in [3.8, 4) is 0 Å². The molecule has 0 atom stereocenters. The van der Waals surface area contributed by atoms with Crippen molar-refractivity contribution >= 4 is 11.9 Å². The van der Waals surface area contributed by atoms with Crippen molar-refractivity contribution < 1.29 is 19.4 Å². The molecule has 0 amide bonds. The van der Waals surface area contributed by atoms with Gasteiger partial charge in [-0.1, -0.05) is 43.7 Å². The molecule has 0 radical (unpaired) electrons. The molecule has 4 nitrogen and oxygen atoms in total. The van der Waals surface area contributed by atoms with E-state index in [1.165, 1.54) is 0 Å². The smallest absolute Gasteiger partial charge is 0.450 e. The van der Waals surface area contributed by atoms with Gasteiger partial charge >= 0.3 is 6.16 Å². The van der Waals surface area contributed by atoms with Gasteiger partial charge in [0.25, 0.3) is 0 Å². The molecule has 1 aromatic rings. The first kappa shape index (κ1) is 17.2. The van der Waals surface area contributed by atoms with E-state index < -0.39 is 11.8 Å². The van der Waals surface area contributed by atoms with Gasteiger partial charge in [0.1, 0.15) is 5.60 Å². The maximum atomic E-state index is 10.6. The summed E-state index contributed by atoms with van der Waals surface area (Å²) in [4.78, 5) is 20.7. The van der Waals surface area contributed by atoms with E-state index in [-0.39, 0.29) is 5.78 Å². The molecule has 19 heavy (non-hydrogen) atoms. The van der Waals surface area contributed by atoms with Gasteiger partial charge in [0.2, 0.25) is 0 Å². The average molecular weight is 266 g/mol. The SMILES string of the molecule is CC(=O)c1ccccc1.CCCC(C)(C)OC(=O)O. The number of carbonyl (C=O) groups is 2. The molecule has 0 aromatic heterocycles. The van der Waals surface area contributed by atoms with Crippen molar-refractivity contribution in [1.29, 1.82) is 0 Å². The van der Waals surface area contributed by atoms with Gasteiger partial charge in [-0.15, -0.1) is 0 Å². The molecule has 0 fully saturated rings. The van der Waals surface area contributed by atoms with Crippen LogP contribution in [0.3, 0.4) is 0 Å².